The molecule has 0 radical (unpaired) electrons. The summed E-state index contributed by atoms with van der Waals surface area (Å²) in [6.45, 7) is 0. The lowest BCUT2D eigenvalue weighted by atomic mass is 10.2. The van der Waals surface area contributed by atoms with E-state index in [1.54, 1.807) is 11.3 Å². The summed E-state index contributed by atoms with van der Waals surface area (Å²) < 4.78 is 1.18. The highest BCUT2D eigenvalue weighted by molar-refractivity contribution is 7.17. The summed E-state index contributed by atoms with van der Waals surface area (Å²) in [4.78, 5) is 8.60. The van der Waals surface area contributed by atoms with Crippen LogP contribution in [-0.2, 0) is 0 Å². The summed E-state index contributed by atoms with van der Waals surface area (Å²) in [5.74, 6) is 0. The van der Waals surface area contributed by atoms with E-state index in [1.165, 1.54) is 10.1 Å². The Morgan fingerprint density at radius 2 is 2.08 bits per heavy atom. The average Bonchev–Trinajstić information content (AvgIpc) is 2.65. The molecule has 0 atom stereocenters. The van der Waals surface area contributed by atoms with Gasteiger partial charge in [0.25, 0.3) is 0 Å². The molecular formula is C10H6N2S. The standard InChI is InChI=1S/C10H6N2S/c1-2-7-3-4-8-10(13-6-12-8)9(7)11-5-1/h1-6H. The van der Waals surface area contributed by atoms with Crippen molar-refractivity contribution in [3.05, 3.63) is 36.0 Å². The summed E-state index contributed by atoms with van der Waals surface area (Å²) >= 11 is 1.64. The van der Waals surface area contributed by atoms with Gasteiger partial charge >= 0.3 is 0 Å². The van der Waals surface area contributed by atoms with Crippen LogP contribution < -0.4 is 0 Å². The maximum Gasteiger partial charge on any atom is 0.0896 e. The van der Waals surface area contributed by atoms with Crippen molar-refractivity contribution < 1.29 is 0 Å². The lowest BCUT2D eigenvalue weighted by Crippen LogP contribution is -1.76. The molecule has 0 amide bonds. The second-order valence-electron chi connectivity index (χ2n) is 2.84. The van der Waals surface area contributed by atoms with Crippen molar-refractivity contribution >= 4 is 32.5 Å². The van der Waals surface area contributed by atoms with Gasteiger partial charge in [0.2, 0.25) is 0 Å². The van der Waals surface area contributed by atoms with Crippen LogP contribution in [0.25, 0.3) is 21.1 Å². The van der Waals surface area contributed by atoms with Gasteiger partial charge in [0.15, 0.2) is 0 Å². The zero-order valence-electron chi connectivity index (χ0n) is 6.77. The maximum absolute atomic E-state index is 4.35. The highest BCUT2D eigenvalue weighted by Gasteiger charge is 2.01. The minimum Gasteiger partial charge on any atom is -0.255 e. The number of pyridine rings is 1. The van der Waals surface area contributed by atoms with Crippen LogP contribution in [0.2, 0.25) is 0 Å². The first kappa shape index (κ1) is 6.97. The molecule has 0 aliphatic rings. The van der Waals surface area contributed by atoms with Crippen molar-refractivity contribution in [1.82, 2.24) is 9.97 Å². The molecule has 0 unspecified atom stereocenters. The molecule has 13 heavy (non-hydrogen) atoms. The normalized spacial score (nSPS) is 11.1. The fourth-order valence-electron chi connectivity index (χ4n) is 1.46. The second kappa shape index (κ2) is 2.50. The van der Waals surface area contributed by atoms with Crippen LogP contribution in [0.5, 0.6) is 0 Å². The molecule has 0 saturated carbocycles. The van der Waals surface area contributed by atoms with E-state index in [1.807, 2.05) is 23.8 Å². The molecule has 3 rings (SSSR count). The fraction of sp³-hybridized carbons (Fsp3) is 0. The minimum atomic E-state index is 1.04. The smallest absolute Gasteiger partial charge is 0.0896 e. The van der Waals surface area contributed by atoms with Gasteiger partial charge in [0, 0.05) is 11.6 Å². The van der Waals surface area contributed by atoms with Crippen LogP contribution in [-0.4, -0.2) is 9.97 Å². The number of rotatable bonds is 0. The van der Waals surface area contributed by atoms with Crippen LogP contribution in [0, 0.1) is 0 Å². The number of hydrogen-bond donors (Lipinski definition) is 0. The Morgan fingerprint density at radius 1 is 1.08 bits per heavy atom. The first-order valence-corrected chi connectivity index (χ1v) is 4.90. The number of hydrogen-bond acceptors (Lipinski definition) is 3. The molecule has 2 heterocycles. The molecular weight excluding hydrogens is 180 g/mol. The summed E-state index contributed by atoms with van der Waals surface area (Å²) in [6, 6.07) is 8.12. The van der Waals surface area contributed by atoms with Crippen LogP contribution in [0.15, 0.2) is 36.0 Å². The largest absolute Gasteiger partial charge is 0.255 e. The first-order valence-electron chi connectivity index (χ1n) is 4.02. The van der Waals surface area contributed by atoms with Gasteiger partial charge in [-0.1, -0.05) is 12.1 Å². The molecule has 0 aliphatic carbocycles. The first-order chi connectivity index (χ1) is 6.45. The number of aromatic nitrogens is 2. The van der Waals surface area contributed by atoms with E-state index in [-0.39, 0.29) is 0 Å². The van der Waals surface area contributed by atoms with Gasteiger partial charge in [0.1, 0.15) is 0 Å². The molecule has 1 aromatic carbocycles. The Labute approximate surface area is 78.9 Å². The Balaban J connectivity index is 2.65. The van der Waals surface area contributed by atoms with E-state index < -0.39 is 0 Å². The SMILES string of the molecule is c1cnc2c(c1)ccc1ncsc12. The van der Waals surface area contributed by atoms with Gasteiger partial charge < -0.3 is 0 Å². The van der Waals surface area contributed by atoms with E-state index >= 15 is 0 Å². The van der Waals surface area contributed by atoms with E-state index in [0.717, 1.165) is 11.0 Å². The summed E-state index contributed by atoms with van der Waals surface area (Å²) in [6.07, 6.45) is 1.82. The molecule has 0 bridgehead atoms. The average molecular weight is 186 g/mol. The van der Waals surface area contributed by atoms with Gasteiger partial charge in [0.05, 0.1) is 21.2 Å². The minimum absolute atomic E-state index is 1.04. The van der Waals surface area contributed by atoms with E-state index in [4.69, 9.17) is 0 Å². The van der Waals surface area contributed by atoms with Crippen LogP contribution in [0.1, 0.15) is 0 Å². The molecule has 0 aliphatic heterocycles. The molecule has 0 N–H and O–H groups in total. The number of nitrogens with zero attached hydrogens (tertiary/aromatic N) is 2. The Morgan fingerprint density at radius 3 is 3.08 bits per heavy atom. The number of fused-ring (bicyclic) bond motifs is 3. The monoisotopic (exact) mass is 186 g/mol. The van der Waals surface area contributed by atoms with Crippen LogP contribution in [0.4, 0.5) is 0 Å². The third-order valence-electron chi connectivity index (χ3n) is 2.07. The van der Waals surface area contributed by atoms with E-state index in [2.05, 4.69) is 22.1 Å². The molecule has 0 fully saturated rings. The van der Waals surface area contributed by atoms with Crippen molar-refractivity contribution in [3.63, 3.8) is 0 Å². The third-order valence-corrected chi connectivity index (χ3v) is 2.92. The Bertz CT molecular complexity index is 571. The van der Waals surface area contributed by atoms with Gasteiger partial charge in [-0.2, -0.15) is 0 Å². The lowest BCUT2D eigenvalue weighted by Gasteiger charge is -1.95. The van der Waals surface area contributed by atoms with Crippen molar-refractivity contribution in [2.24, 2.45) is 0 Å². The predicted molar refractivity (Wildman–Crippen MR) is 54.9 cm³/mol. The van der Waals surface area contributed by atoms with E-state index in [0.29, 0.717) is 0 Å². The molecule has 3 aromatic rings. The Kier molecular flexibility index (Phi) is 1.34. The molecule has 62 valence electrons. The summed E-state index contributed by atoms with van der Waals surface area (Å²) in [5, 5.41) is 1.18. The van der Waals surface area contributed by atoms with E-state index in [9.17, 15) is 0 Å². The Hall–Kier alpha value is -1.48. The highest BCUT2D eigenvalue weighted by Crippen LogP contribution is 2.25. The van der Waals surface area contributed by atoms with Crippen LogP contribution in [0.3, 0.4) is 0 Å². The van der Waals surface area contributed by atoms with Gasteiger partial charge in [-0.15, -0.1) is 11.3 Å². The van der Waals surface area contributed by atoms with Gasteiger partial charge in [-0.05, 0) is 12.1 Å². The zero-order valence-corrected chi connectivity index (χ0v) is 7.58. The molecule has 0 spiro atoms. The van der Waals surface area contributed by atoms with Crippen LogP contribution >= 0.6 is 11.3 Å². The van der Waals surface area contributed by atoms with Gasteiger partial charge in [-0.3, -0.25) is 4.98 Å². The molecule has 3 heteroatoms. The number of thiazole rings is 1. The van der Waals surface area contributed by atoms with Crippen molar-refractivity contribution in [3.8, 4) is 0 Å². The zero-order chi connectivity index (χ0) is 8.67. The fourth-order valence-corrected chi connectivity index (χ4v) is 2.26. The highest BCUT2D eigenvalue weighted by atomic mass is 32.1. The summed E-state index contributed by atoms with van der Waals surface area (Å²) in [7, 11) is 0. The van der Waals surface area contributed by atoms with Crippen molar-refractivity contribution in [2.45, 2.75) is 0 Å². The molecule has 2 nitrogen and oxygen atoms in total. The maximum atomic E-state index is 4.35. The predicted octanol–water partition coefficient (Wildman–Crippen LogP) is 2.84. The van der Waals surface area contributed by atoms with Crippen molar-refractivity contribution in [2.75, 3.05) is 0 Å². The molecule has 0 saturated heterocycles. The lowest BCUT2D eigenvalue weighted by molar-refractivity contribution is 1.43. The van der Waals surface area contributed by atoms with Crippen molar-refractivity contribution in [1.29, 1.82) is 0 Å². The quantitative estimate of drug-likeness (QED) is 0.539. The topological polar surface area (TPSA) is 25.8 Å². The summed E-state index contributed by atoms with van der Waals surface area (Å²) in [5.41, 5.74) is 3.96. The number of benzene rings is 1. The third kappa shape index (κ3) is 0.939. The second-order valence-corrected chi connectivity index (χ2v) is 3.70. The molecule has 2 aromatic heterocycles. The van der Waals surface area contributed by atoms with Gasteiger partial charge in [-0.25, -0.2) is 4.98 Å².